The summed E-state index contributed by atoms with van der Waals surface area (Å²) < 4.78 is 5.57. The summed E-state index contributed by atoms with van der Waals surface area (Å²) >= 11 is 0. The van der Waals surface area contributed by atoms with Crippen LogP contribution in [0.3, 0.4) is 0 Å². The van der Waals surface area contributed by atoms with Gasteiger partial charge < -0.3 is 25.2 Å². The van der Waals surface area contributed by atoms with Crippen molar-refractivity contribution in [3.8, 4) is 23.0 Å². The summed E-state index contributed by atoms with van der Waals surface area (Å²) in [5.41, 5.74) is 1.46. The molecule has 0 unspecified atom stereocenters. The van der Waals surface area contributed by atoms with Gasteiger partial charge in [0, 0.05) is 5.92 Å². The summed E-state index contributed by atoms with van der Waals surface area (Å²) in [6, 6.07) is 9.10. The van der Waals surface area contributed by atoms with Crippen molar-refractivity contribution in [3.63, 3.8) is 0 Å². The van der Waals surface area contributed by atoms with Crippen LogP contribution in [0.25, 0.3) is 0 Å². The molecule has 0 bridgehead atoms. The molecule has 2 aliphatic rings. The first kappa shape index (κ1) is 15.6. The van der Waals surface area contributed by atoms with Crippen LogP contribution in [-0.4, -0.2) is 26.4 Å². The van der Waals surface area contributed by atoms with E-state index < -0.39 is 6.10 Å². The first-order chi connectivity index (χ1) is 12.0. The highest BCUT2D eigenvalue weighted by molar-refractivity contribution is 5.77. The van der Waals surface area contributed by atoms with Crippen molar-refractivity contribution in [2.45, 2.75) is 24.9 Å². The maximum absolute atomic E-state index is 12.5. The normalized spacial score (nSPS) is 27.9. The van der Waals surface area contributed by atoms with E-state index in [0.717, 1.165) is 18.4 Å². The molecule has 1 saturated carbocycles. The molecule has 130 valence electrons. The van der Waals surface area contributed by atoms with Gasteiger partial charge in [-0.2, -0.15) is 0 Å². The van der Waals surface area contributed by atoms with Crippen molar-refractivity contribution in [1.82, 2.24) is 0 Å². The molecule has 6 nitrogen and oxygen atoms in total. The Kier molecular flexibility index (Phi) is 3.49. The van der Waals surface area contributed by atoms with Crippen LogP contribution in [0.2, 0.25) is 0 Å². The Morgan fingerprint density at radius 3 is 2.04 bits per heavy atom. The second kappa shape index (κ2) is 5.58. The Morgan fingerprint density at radius 1 is 0.800 bits per heavy atom. The van der Waals surface area contributed by atoms with Crippen molar-refractivity contribution in [2.75, 3.05) is 0 Å². The number of fused-ring (bicyclic) bond motifs is 1. The summed E-state index contributed by atoms with van der Waals surface area (Å²) in [5, 5.41) is 38.4. The molecule has 1 saturated heterocycles. The lowest BCUT2D eigenvalue weighted by atomic mass is 9.83. The van der Waals surface area contributed by atoms with E-state index >= 15 is 0 Å². The fourth-order valence-corrected chi connectivity index (χ4v) is 4.18. The number of cyclic esters (lactones) is 1. The van der Waals surface area contributed by atoms with E-state index in [4.69, 9.17) is 4.74 Å². The Hall–Kier alpha value is -2.89. The minimum absolute atomic E-state index is 0.0302. The molecule has 1 heterocycles. The summed E-state index contributed by atoms with van der Waals surface area (Å²) in [5.74, 6) is -1.58. The Balaban J connectivity index is 1.65. The highest BCUT2D eigenvalue weighted by Crippen LogP contribution is 2.55. The van der Waals surface area contributed by atoms with Crippen molar-refractivity contribution in [1.29, 1.82) is 0 Å². The lowest BCUT2D eigenvalue weighted by Gasteiger charge is -2.17. The summed E-state index contributed by atoms with van der Waals surface area (Å²) in [6.45, 7) is 0. The number of aromatic hydroxyl groups is 4. The standard InChI is InChI=1S/C19H18O6/c20-13-5-1-9(7-15(13)22)11-3-4-12-17(11)19(24)25-18(12)10-2-6-14(21)16(23)8-10/h1-2,5-8,11-12,17-18,20-23H,3-4H2/t11-,12+,17-,18-/m1/s1. The molecule has 0 spiro atoms. The molecule has 2 aromatic carbocycles. The predicted octanol–water partition coefficient (Wildman–Crippen LogP) is 2.92. The molecular weight excluding hydrogens is 324 g/mol. The first-order valence-corrected chi connectivity index (χ1v) is 8.20. The molecule has 2 fully saturated rings. The second-order valence-electron chi connectivity index (χ2n) is 6.73. The second-order valence-corrected chi connectivity index (χ2v) is 6.73. The molecule has 0 aromatic heterocycles. The average molecular weight is 342 g/mol. The minimum atomic E-state index is -0.459. The van der Waals surface area contributed by atoms with Gasteiger partial charge in [-0.15, -0.1) is 0 Å². The number of hydrogen-bond donors (Lipinski definition) is 4. The number of phenolic OH excluding ortho intramolecular Hbond substituents is 4. The van der Waals surface area contributed by atoms with Gasteiger partial charge in [-0.1, -0.05) is 12.1 Å². The van der Waals surface area contributed by atoms with Gasteiger partial charge in [-0.05, 0) is 54.2 Å². The van der Waals surface area contributed by atoms with Crippen LogP contribution in [0.15, 0.2) is 36.4 Å². The van der Waals surface area contributed by atoms with Crippen molar-refractivity contribution in [2.24, 2.45) is 11.8 Å². The van der Waals surface area contributed by atoms with E-state index in [1.807, 2.05) is 0 Å². The smallest absolute Gasteiger partial charge is 0.310 e. The number of carbonyl (C=O) groups is 1. The summed E-state index contributed by atoms with van der Waals surface area (Å²) in [4.78, 5) is 12.5. The molecule has 4 atom stereocenters. The highest BCUT2D eigenvalue weighted by atomic mass is 16.6. The summed E-state index contributed by atoms with van der Waals surface area (Å²) in [7, 11) is 0. The zero-order chi connectivity index (χ0) is 17.7. The molecular formula is C19H18O6. The van der Waals surface area contributed by atoms with Gasteiger partial charge in [0.15, 0.2) is 23.0 Å². The number of benzene rings is 2. The first-order valence-electron chi connectivity index (χ1n) is 8.20. The molecule has 6 heteroatoms. The Labute approximate surface area is 143 Å². The van der Waals surface area contributed by atoms with Crippen LogP contribution in [0, 0.1) is 11.8 Å². The third-order valence-corrected chi connectivity index (χ3v) is 5.37. The van der Waals surface area contributed by atoms with Crippen LogP contribution in [0.4, 0.5) is 0 Å². The molecule has 4 N–H and O–H groups in total. The van der Waals surface area contributed by atoms with Crippen LogP contribution >= 0.6 is 0 Å². The zero-order valence-electron chi connectivity index (χ0n) is 13.3. The fraction of sp³-hybridized carbons (Fsp3) is 0.316. The molecule has 0 radical (unpaired) electrons. The van der Waals surface area contributed by atoms with Gasteiger partial charge in [0.1, 0.15) is 6.10 Å². The van der Waals surface area contributed by atoms with E-state index in [-0.39, 0.29) is 46.7 Å². The monoisotopic (exact) mass is 342 g/mol. The number of rotatable bonds is 2. The average Bonchev–Trinajstić information content (AvgIpc) is 3.15. The zero-order valence-corrected chi connectivity index (χ0v) is 13.3. The van der Waals surface area contributed by atoms with Crippen LogP contribution in [-0.2, 0) is 9.53 Å². The van der Waals surface area contributed by atoms with Crippen LogP contribution in [0.5, 0.6) is 23.0 Å². The van der Waals surface area contributed by atoms with E-state index in [0.29, 0.717) is 5.56 Å². The van der Waals surface area contributed by atoms with E-state index in [1.165, 1.54) is 24.3 Å². The lowest BCUT2D eigenvalue weighted by Crippen LogP contribution is -2.17. The van der Waals surface area contributed by atoms with Gasteiger partial charge in [-0.25, -0.2) is 0 Å². The van der Waals surface area contributed by atoms with E-state index in [9.17, 15) is 25.2 Å². The lowest BCUT2D eigenvalue weighted by molar-refractivity contribution is -0.145. The van der Waals surface area contributed by atoms with Crippen LogP contribution in [0.1, 0.15) is 36.0 Å². The number of carbonyl (C=O) groups excluding carboxylic acids is 1. The molecule has 2 aromatic rings. The fourth-order valence-electron chi connectivity index (χ4n) is 4.18. The third kappa shape index (κ3) is 2.45. The quantitative estimate of drug-likeness (QED) is 0.494. The minimum Gasteiger partial charge on any atom is -0.504 e. The molecule has 0 amide bonds. The highest BCUT2D eigenvalue weighted by Gasteiger charge is 2.53. The van der Waals surface area contributed by atoms with Gasteiger partial charge in [-0.3, -0.25) is 4.79 Å². The Morgan fingerprint density at radius 2 is 1.40 bits per heavy atom. The van der Waals surface area contributed by atoms with Crippen molar-refractivity contribution >= 4 is 5.97 Å². The molecule has 1 aliphatic heterocycles. The number of esters is 1. The maximum atomic E-state index is 12.5. The SMILES string of the molecule is O=C1O[C@H](c2ccc(O)c(O)c2)[C@H]2CC[C@H](c3ccc(O)c(O)c3)[C@@H]12. The third-order valence-electron chi connectivity index (χ3n) is 5.37. The summed E-state index contributed by atoms with van der Waals surface area (Å²) in [6.07, 6.45) is 1.09. The maximum Gasteiger partial charge on any atom is 0.310 e. The molecule has 4 rings (SSSR count). The van der Waals surface area contributed by atoms with Gasteiger partial charge in [0.2, 0.25) is 0 Å². The number of hydrogen-bond acceptors (Lipinski definition) is 6. The predicted molar refractivity (Wildman–Crippen MR) is 87.3 cm³/mol. The van der Waals surface area contributed by atoms with Crippen molar-refractivity contribution in [3.05, 3.63) is 47.5 Å². The van der Waals surface area contributed by atoms with Gasteiger partial charge >= 0.3 is 5.97 Å². The van der Waals surface area contributed by atoms with Crippen molar-refractivity contribution < 1.29 is 30.0 Å². The number of ether oxygens (including phenoxy) is 1. The van der Waals surface area contributed by atoms with Gasteiger partial charge in [0.05, 0.1) is 5.92 Å². The molecule has 25 heavy (non-hydrogen) atoms. The Bertz CT molecular complexity index is 796. The number of phenols is 4. The molecule has 1 aliphatic carbocycles. The van der Waals surface area contributed by atoms with E-state index in [2.05, 4.69) is 0 Å². The topological polar surface area (TPSA) is 107 Å². The van der Waals surface area contributed by atoms with E-state index in [1.54, 1.807) is 12.1 Å². The largest absolute Gasteiger partial charge is 0.504 e. The van der Waals surface area contributed by atoms with Crippen LogP contribution < -0.4 is 0 Å². The van der Waals surface area contributed by atoms with Gasteiger partial charge in [0.25, 0.3) is 0 Å².